The van der Waals surface area contributed by atoms with Crippen LogP contribution in [0.25, 0.3) is 12.2 Å². The van der Waals surface area contributed by atoms with Crippen LogP contribution in [-0.2, 0) is 15.3 Å². The van der Waals surface area contributed by atoms with E-state index in [0.717, 1.165) is 16.2 Å². The highest BCUT2D eigenvalue weighted by Crippen LogP contribution is 2.39. The lowest BCUT2D eigenvalue weighted by atomic mass is 10.0. The number of carboxylic acids is 2. The second-order valence-electron chi connectivity index (χ2n) is 5.75. The molecular weight excluding hydrogens is 356 g/mol. The number of hydrogen-bond donors (Lipinski definition) is 2. The molecular formula is C19H18O6S. The van der Waals surface area contributed by atoms with Crippen LogP contribution in [0.4, 0.5) is 0 Å². The topological polar surface area (TPSA) is 93.1 Å². The highest BCUT2D eigenvalue weighted by atomic mass is 32.1. The molecule has 0 amide bonds. The molecule has 1 aromatic carbocycles. The van der Waals surface area contributed by atoms with Gasteiger partial charge in [-0.3, -0.25) is 0 Å². The van der Waals surface area contributed by atoms with Crippen molar-refractivity contribution in [3.63, 3.8) is 0 Å². The average molecular weight is 374 g/mol. The molecule has 0 spiro atoms. The van der Waals surface area contributed by atoms with Crippen LogP contribution in [0.15, 0.2) is 30.3 Å². The summed E-state index contributed by atoms with van der Waals surface area (Å²) in [7, 11) is 0. The zero-order valence-corrected chi connectivity index (χ0v) is 14.9. The highest BCUT2D eigenvalue weighted by molar-refractivity contribution is 7.13. The molecule has 0 radical (unpaired) electrons. The Labute approximate surface area is 154 Å². The number of carbonyl (C=O) groups is 2. The fraction of sp³-hybridized carbons (Fsp3) is 0.263. The normalized spacial score (nSPS) is 16.2. The summed E-state index contributed by atoms with van der Waals surface area (Å²) in [6.07, 6.45) is 4.33. The smallest absolute Gasteiger partial charge is 0.336 e. The first kappa shape index (κ1) is 18.3. The van der Waals surface area contributed by atoms with E-state index in [2.05, 4.69) is 0 Å². The average Bonchev–Trinajstić information content (AvgIpc) is 3.29. The first-order valence-corrected chi connectivity index (χ1v) is 8.94. The lowest BCUT2D eigenvalue weighted by molar-refractivity contribution is -0.164. The molecule has 2 N–H and O–H groups in total. The van der Waals surface area contributed by atoms with Crippen molar-refractivity contribution in [3.8, 4) is 0 Å². The van der Waals surface area contributed by atoms with Crippen LogP contribution in [0.3, 0.4) is 0 Å². The minimum absolute atomic E-state index is 0.228. The lowest BCUT2D eigenvalue weighted by Gasteiger charge is -2.24. The number of rotatable bonds is 6. The van der Waals surface area contributed by atoms with E-state index >= 15 is 0 Å². The summed E-state index contributed by atoms with van der Waals surface area (Å²) >= 11 is 1.54. The minimum Gasteiger partial charge on any atom is -0.478 e. The zero-order chi connectivity index (χ0) is 18.7. The lowest BCUT2D eigenvalue weighted by Crippen LogP contribution is -2.24. The van der Waals surface area contributed by atoms with E-state index in [4.69, 9.17) is 14.6 Å². The van der Waals surface area contributed by atoms with Crippen LogP contribution < -0.4 is 0 Å². The Kier molecular flexibility index (Phi) is 5.22. The third-order valence-electron chi connectivity index (χ3n) is 4.17. The van der Waals surface area contributed by atoms with Crippen LogP contribution in [0.1, 0.15) is 49.4 Å². The quantitative estimate of drug-likeness (QED) is 0.796. The first-order chi connectivity index (χ1) is 12.4. The van der Waals surface area contributed by atoms with Crippen LogP contribution in [-0.4, -0.2) is 35.4 Å². The second-order valence-corrected chi connectivity index (χ2v) is 6.87. The predicted molar refractivity (Wildman–Crippen MR) is 97.5 cm³/mol. The predicted octanol–water partition coefficient (Wildman–Crippen LogP) is 3.92. The molecule has 7 heteroatoms. The molecule has 3 rings (SSSR count). The molecule has 1 fully saturated rings. The Morgan fingerprint density at radius 3 is 2.38 bits per heavy atom. The molecule has 0 aliphatic carbocycles. The number of hydrogen-bond acceptors (Lipinski definition) is 5. The molecule has 0 saturated carbocycles. The maximum Gasteiger partial charge on any atom is 0.336 e. The zero-order valence-electron chi connectivity index (χ0n) is 14.1. The van der Waals surface area contributed by atoms with E-state index < -0.39 is 17.7 Å². The summed E-state index contributed by atoms with van der Waals surface area (Å²) in [4.78, 5) is 24.3. The summed E-state index contributed by atoms with van der Waals surface area (Å²) in [6, 6.07) is 8.15. The molecule has 2 aromatic rings. The van der Waals surface area contributed by atoms with Crippen molar-refractivity contribution in [2.24, 2.45) is 0 Å². The highest BCUT2D eigenvalue weighted by Gasteiger charge is 2.37. The van der Waals surface area contributed by atoms with Gasteiger partial charge in [0.1, 0.15) is 0 Å². The Bertz CT molecular complexity index is 861. The van der Waals surface area contributed by atoms with E-state index in [-0.39, 0.29) is 11.1 Å². The van der Waals surface area contributed by atoms with Gasteiger partial charge in [0.15, 0.2) is 0 Å². The summed E-state index contributed by atoms with van der Waals surface area (Å²) < 4.78 is 11.5. The first-order valence-electron chi connectivity index (χ1n) is 8.12. The fourth-order valence-corrected chi connectivity index (χ4v) is 3.91. The molecule has 1 aliphatic rings. The molecule has 1 aliphatic heterocycles. The van der Waals surface area contributed by atoms with Crippen LogP contribution in [0, 0.1) is 0 Å². The summed E-state index contributed by atoms with van der Waals surface area (Å²) in [6.45, 7) is 3.16. The second kappa shape index (κ2) is 7.41. The summed E-state index contributed by atoms with van der Waals surface area (Å²) in [5.41, 5.74) is 0.151. The fourth-order valence-electron chi connectivity index (χ4n) is 2.83. The van der Waals surface area contributed by atoms with E-state index in [1.54, 1.807) is 23.5 Å². The van der Waals surface area contributed by atoms with Gasteiger partial charge in [-0.05, 0) is 35.9 Å². The third-order valence-corrected chi connectivity index (χ3v) is 5.34. The van der Waals surface area contributed by atoms with Crippen molar-refractivity contribution >= 4 is 35.4 Å². The van der Waals surface area contributed by atoms with Crippen molar-refractivity contribution < 1.29 is 29.3 Å². The van der Waals surface area contributed by atoms with Gasteiger partial charge in [-0.15, -0.1) is 11.3 Å². The maximum atomic E-state index is 11.3. The van der Waals surface area contributed by atoms with Crippen molar-refractivity contribution in [1.82, 2.24) is 0 Å². The largest absolute Gasteiger partial charge is 0.478 e. The van der Waals surface area contributed by atoms with Crippen LogP contribution in [0.5, 0.6) is 0 Å². The number of thiophene rings is 1. The van der Waals surface area contributed by atoms with Crippen LogP contribution in [0.2, 0.25) is 0 Å². The summed E-state index contributed by atoms with van der Waals surface area (Å²) in [5, 5.41) is 18.3. The van der Waals surface area contributed by atoms with Gasteiger partial charge in [-0.2, -0.15) is 0 Å². The van der Waals surface area contributed by atoms with Gasteiger partial charge < -0.3 is 19.7 Å². The molecule has 2 heterocycles. The van der Waals surface area contributed by atoms with Crippen molar-refractivity contribution in [2.45, 2.75) is 19.1 Å². The maximum absolute atomic E-state index is 11.3. The van der Waals surface area contributed by atoms with Crippen molar-refractivity contribution in [2.75, 3.05) is 13.2 Å². The Morgan fingerprint density at radius 2 is 1.77 bits per heavy atom. The van der Waals surface area contributed by atoms with Gasteiger partial charge >= 0.3 is 11.9 Å². The molecule has 0 unspecified atom stereocenters. The number of benzene rings is 1. The number of carboxylic acid groups (broad SMARTS) is 2. The van der Waals surface area contributed by atoms with E-state index in [1.165, 1.54) is 12.1 Å². The molecule has 0 bridgehead atoms. The SMILES string of the molecule is CCC1(c2ccc(/C=C/c3ccc(C(=O)O)c(C(=O)O)c3)s2)OCCO1. The van der Waals surface area contributed by atoms with E-state index in [9.17, 15) is 14.7 Å². The molecule has 26 heavy (non-hydrogen) atoms. The molecule has 136 valence electrons. The molecule has 1 saturated heterocycles. The number of aromatic carboxylic acids is 2. The minimum atomic E-state index is -1.27. The van der Waals surface area contributed by atoms with Gasteiger partial charge in [-0.25, -0.2) is 9.59 Å². The Morgan fingerprint density at radius 1 is 1.08 bits per heavy atom. The van der Waals surface area contributed by atoms with Gasteiger partial charge in [0.2, 0.25) is 5.79 Å². The van der Waals surface area contributed by atoms with Gasteiger partial charge in [-0.1, -0.05) is 19.1 Å². The van der Waals surface area contributed by atoms with Crippen molar-refractivity contribution in [3.05, 3.63) is 56.8 Å². The van der Waals surface area contributed by atoms with E-state index in [0.29, 0.717) is 18.8 Å². The monoisotopic (exact) mass is 374 g/mol. The third kappa shape index (κ3) is 3.55. The Balaban J connectivity index is 1.84. The molecule has 0 atom stereocenters. The van der Waals surface area contributed by atoms with Gasteiger partial charge in [0, 0.05) is 11.3 Å². The van der Waals surface area contributed by atoms with Crippen LogP contribution >= 0.6 is 11.3 Å². The standard InChI is InChI=1S/C19H18O6S/c1-2-19(24-9-10-25-19)16-8-6-13(26-16)5-3-12-4-7-14(17(20)21)15(11-12)18(22)23/h3-8,11H,2,9-10H2,1H3,(H,20,21)(H,22,23)/b5-3+. The Hall–Kier alpha value is -2.48. The van der Waals surface area contributed by atoms with E-state index in [1.807, 2.05) is 25.1 Å². The van der Waals surface area contributed by atoms with Gasteiger partial charge in [0.05, 0.1) is 29.2 Å². The molecule has 6 nitrogen and oxygen atoms in total. The molecule has 1 aromatic heterocycles. The number of ether oxygens (including phenoxy) is 2. The summed E-state index contributed by atoms with van der Waals surface area (Å²) in [5.74, 6) is -3.20. The van der Waals surface area contributed by atoms with Gasteiger partial charge in [0.25, 0.3) is 0 Å². The van der Waals surface area contributed by atoms with Crippen molar-refractivity contribution in [1.29, 1.82) is 0 Å².